The third kappa shape index (κ3) is 3.46. The summed E-state index contributed by atoms with van der Waals surface area (Å²) in [4.78, 5) is 19.1. The molecule has 0 bridgehead atoms. The fourth-order valence-corrected chi connectivity index (χ4v) is 2.61. The Morgan fingerprint density at radius 2 is 2.22 bits per heavy atom. The van der Waals surface area contributed by atoms with Crippen LogP contribution >= 0.6 is 0 Å². The van der Waals surface area contributed by atoms with Gasteiger partial charge in [0.25, 0.3) is 5.91 Å². The van der Waals surface area contributed by atoms with Gasteiger partial charge in [-0.25, -0.2) is 4.98 Å². The topological polar surface area (TPSA) is 69.8 Å². The van der Waals surface area contributed by atoms with Gasteiger partial charge in [0.1, 0.15) is 5.65 Å². The van der Waals surface area contributed by atoms with Crippen molar-refractivity contribution in [3.05, 3.63) is 41.9 Å². The number of fused-ring (bicyclic) bond motifs is 1. The maximum absolute atomic E-state index is 12.1. The molecule has 1 aliphatic heterocycles. The minimum atomic E-state index is -4.27. The molecule has 8 heteroatoms. The van der Waals surface area contributed by atoms with Crippen LogP contribution in [0.3, 0.4) is 0 Å². The van der Waals surface area contributed by atoms with Crippen LogP contribution < -0.4 is 10.6 Å². The van der Waals surface area contributed by atoms with Crippen molar-refractivity contribution in [3.8, 4) is 0 Å². The summed E-state index contributed by atoms with van der Waals surface area (Å²) in [5.74, 6) is -0.546. The van der Waals surface area contributed by atoms with Crippen molar-refractivity contribution in [2.45, 2.75) is 18.5 Å². The second kappa shape index (κ2) is 5.94. The van der Waals surface area contributed by atoms with Gasteiger partial charge in [-0.1, -0.05) is 0 Å². The molecule has 3 rings (SSSR count). The van der Waals surface area contributed by atoms with Gasteiger partial charge in [-0.3, -0.25) is 4.79 Å². The lowest BCUT2D eigenvalue weighted by Crippen LogP contribution is -2.32. The number of hydrogen-bond acceptors (Lipinski definition) is 3. The first-order valence-electron chi connectivity index (χ1n) is 7.17. The second-order valence-electron chi connectivity index (χ2n) is 5.33. The van der Waals surface area contributed by atoms with Crippen LogP contribution in [-0.4, -0.2) is 35.1 Å². The number of aromatic amines is 1. The number of carbonyl (C=O) groups excluding carboxylic acids is 1. The Bertz CT molecular complexity index is 751. The smallest absolute Gasteiger partial charge is 0.380 e. The Morgan fingerprint density at radius 3 is 3.00 bits per heavy atom. The van der Waals surface area contributed by atoms with E-state index in [1.54, 1.807) is 18.5 Å². The van der Waals surface area contributed by atoms with Crippen LogP contribution in [0.1, 0.15) is 17.9 Å². The van der Waals surface area contributed by atoms with Gasteiger partial charge in [-0.2, -0.15) is 13.2 Å². The number of hydrogen-bond donors (Lipinski definition) is 3. The first-order chi connectivity index (χ1) is 10.9. The van der Waals surface area contributed by atoms with Crippen molar-refractivity contribution >= 4 is 16.9 Å². The first-order valence-corrected chi connectivity index (χ1v) is 7.17. The highest BCUT2D eigenvalue weighted by Crippen LogP contribution is 2.28. The van der Waals surface area contributed by atoms with E-state index >= 15 is 0 Å². The van der Waals surface area contributed by atoms with E-state index in [2.05, 4.69) is 20.6 Å². The third-order valence-electron chi connectivity index (χ3n) is 3.71. The summed E-state index contributed by atoms with van der Waals surface area (Å²) in [5, 5.41) is 6.19. The van der Waals surface area contributed by atoms with Crippen LogP contribution in [0.15, 0.2) is 36.3 Å². The quantitative estimate of drug-likeness (QED) is 0.807. The number of pyridine rings is 1. The van der Waals surface area contributed by atoms with Gasteiger partial charge in [0.05, 0.1) is 12.1 Å². The Hall–Kier alpha value is -2.51. The number of carbonyl (C=O) groups is 1. The lowest BCUT2D eigenvalue weighted by Gasteiger charge is -2.08. The highest BCUT2D eigenvalue weighted by atomic mass is 19.4. The van der Waals surface area contributed by atoms with E-state index < -0.39 is 25.0 Å². The molecular formula is C15H15F3N4O. The minimum absolute atomic E-state index is 0.0281. The highest BCUT2D eigenvalue weighted by Gasteiger charge is 2.28. The van der Waals surface area contributed by atoms with Crippen molar-refractivity contribution in [2.24, 2.45) is 0 Å². The molecule has 0 spiro atoms. The van der Waals surface area contributed by atoms with E-state index in [1.165, 1.54) is 0 Å². The van der Waals surface area contributed by atoms with Gasteiger partial charge in [0.15, 0.2) is 0 Å². The van der Waals surface area contributed by atoms with Crippen LogP contribution in [0.25, 0.3) is 11.0 Å². The Balaban J connectivity index is 1.68. The molecule has 1 amide bonds. The largest absolute Gasteiger partial charge is 0.390 e. The fourth-order valence-electron chi connectivity index (χ4n) is 2.61. The van der Waals surface area contributed by atoms with E-state index in [0.29, 0.717) is 12.2 Å². The summed E-state index contributed by atoms with van der Waals surface area (Å²) < 4.78 is 36.3. The molecule has 0 saturated carbocycles. The molecule has 3 heterocycles. The van der Waals surface area contributed by atoms with E-state index in [0.717, 1.165) is 16.6 Å². The van der Waals surface area contributed by atoms with Gasteiger partial charge in [0, 0.05) is 36.8 Å². The molecule has 1 atom stereocenters. The third-order valence-corrected chi connectivity index (χ3v) is 3.71. The summed E-state index contributed by atoms with van der Waals surface area (Å²) >= 11 is 0. The molecule has 0 saturated heterocycles. The fraction of sp³-hybridized carbons (Fsp3) is 0.333. The Labute approximate surface area is 130 Å². The SMILES string of the molecule is O=C(NCCC(F)(F)F)C1=CC(c2ccnc3[nH]ccc23)CN1. The van der Waals surface area contributed by atoms with Crippen LogP contribution in [0.2, 0.25) is 0 Å². The highest BCUT2D eigenvalue weighted by molar-refractivity contribution is 5.93. The van der Waals surface area contributed by atoms with Gasteiger partial charge in [-0.05, 0) is 23.8 Å². The number of halogens is 3. The molecule has 2 aromatic heterocycles. The zero-order valence-electron chi connectivity index (χ0n) is 12.1. The van der Waals surface area contributed by atoms with Gasteiger partial charge >= 0.3 is 6.18 Å². The number of aromatic nitrogens is 2. The first kappa shape index (κ1) is 15.4. The Kier molecular flexibility index (Phi) is 3.97. The van der Waals surface area contributed by atoms with Gasteiger partial charge in [-0.15, -0.1) is 0 Å². The summed E-state index contributed by atoms with van der Waals surface area (Å²) in [5.41, 5.74) is 2.08. The molecule has 23 heavy (non-hydrogen) atoms. The van der Waals surface area contributed by atoms with E-state index in [1.807, 2.05) is 12.1 Å². The Morgan fingerprint density at radius 1 is 1.39 bits per heavy atom. The summed E-state index contributed by atoms with van der Waals surface area (Å²) in [6, 6.07) is 3.79. The molecule has 5 nitrogen and oxygen atoms in total. The lowest BCUT2D eigenvalue weighted by molar-refractivity contribution is -0.135. The predicted molar refractivity (Wildman–Crippen MR) is 78.6 cm³/mol. The van der Waals surface area contributed by atoms with Crippen LogP contribution in [0, 0.1) is 0 Å². The lowest BCUT2D eigenvalue weighted by atomic mass is 9.98. The van der Waals surface area contributed by atoms with Gasteiger partial charge < -0.3 is 15.6 Å². The summed E-state index contributed by atoms with van der Waals surface area (Å²) in [6.45, 7) is 0.0929. The molecular weight excluding hydrogens is 309 g/mol. The maximum atomic E-state index is 12.1. The molecule has 2 aromatic rings. The average Bonchev–Trinajstić information content (AvgIpc) is 3.14. The standard InChI is InChI=1S/C15H15F3N4O/c16-15(17,18)3-6-21-14(23)12-7-9(8-22-12)10-1-4-19-13-11(10)2-5-20-13/h1-2,4-5,7,9,22H,3,6,8H2,(H,19,20)(H,21,23). The molecule has 1 unspecified atom stereocenters. The predicted octanol–water partition coefficient (Wildman–Crippen LogP) is 2.20. The second-order valence-corrected chi connectivity index (χ2v) is 5.33. The van der Waals surface area contributed by atoms with Crippen LogP contribution in [-0.2, 0) is 4.79 Å². The van der Waals surface area contributed by atoms with Crippen LogP contribution in [0.5, 0.6) is 0 Å². The van der Waals surface area contributed by atoms with Crippen molar-refractivity contribution in [1.29, 1.82) is 0 Å². The molecule has 0 aliphatic carbocycles. The number of nitrogens with zero attached hydrogens (tertiary/aromatic N) is 1. The normalized spacial score (nSPS) is 17.9. The van der Waals surface area contributed by atoms with E-state index in [9.17, 15) is 18.0 Å². The molecule has 0 fully saturated rings. The molecule has 1 aliphatic rings. The maximum Gasteiger partial charge on any atom is 0.390 e. The number of amides is 1. The number of H-pyrrole nitrogens is 1. The zero-order chi connectivity index (χ0) is 16.4. The number of rotatable bonds is 4. The summed E-state index contributed by atoms with van der Waals surface area (Å²) in [6.07, 6.45) is -0.0971. The molecule has 122 valence electrons. The molecule has 0 aromatic carbocycles. The zero-order valence-corrected chi connectivity index (χ0v) is 12.1. The van der Waals surface area contributed by atoms with Crippen molar-refractivity contribution in [1.82, 2.24) is 20.6 Å². The van der Waals surface area contributed by atoms with Crippen molar-refractivity contribution in [3.63, 3.8) is 0 Å². The summed E-state index contributed by atoms with van der Waals surface area (Å²) in [7, 11) is 0. The molecule has 0 radical (unpaired) electrons. The monoisotopic (exact) mass is 324 g/mol. The number of nitrogens with one attached hydrogen (secondary N) is 3. The van der Waals surface area contributed by atoms with Crippen molar-refractivity contribution < 1.29 is 18.0 Å². The minimum Gasteiger partial charge on any atom is -0.380 e. The molecule has 3 N–H and O–H groups in total. The average molecular weight is 324 g/mol. The van der Waals surface area contributed by atoms with Gasteiger partial charge in [0.2, 0.25) is 0 Å². The van der Waals surface area contributed by atoms with E-state index in [-0.39, 0.29) is 5.92 Å². The van der Waals surface area contributed by atoms with Crippen LogP contribution in [0.4, 0.5) is 13.2 Å². The number of alkyl halides is 3. The van der Waals surface area contributed by atoms with E-state index in [4.69, 9.17) is 0 Å². The van der Waals surface area contributed by atoms with Crippen molar-refractivity contribution in [2.75, 3.05) is 13.1 Å².